The maximum Gasteiger partial charge on any atom is 0.337 e. The minimum Gasteiger partial charge on any atom is -0.478 e. The van der Waals surface area contributed by atoms with Crippen LogP contribution in [0.4, 0.5) is 5.69 Å². The Morgan fingerprint density at radius 3 is 2.59 bits per heavy atom. The first-order valence-electron chi connectivity index (χ1n) is 5.52. The van der Waals surface area contributed by atoms with Crippen molar-refractivity contribution in [3.8, 4) is 0 Å². The van der Waals surface area contributed by atoms with Gasteiger partial charge < -0.3 is 10.0 Å². The Morgan fingerprint density at radius 2 is 2.00 bits per heavy atom. The highest BCUT2D eigenvalue weighted by molar-refractivity contribution is 7.85. The van der Waals surface area contributed by atoms with Crippen LogP contribution in [0, 0.1) is 6.92 Å². The summed E-state index contributed by atoms with van der Waals surface area (Å²) in [4.78, 5) is 13.2. The molecule has 1 aliphatic rings. The molecule has 1 fully saturated rings. The maximum absolute atomic E-state index is 11.3. The van der Waals surface area contributed by atoms with Crippen LogP contribution in [0.3, 0.4) is 0 Å². The van der Waals surface area contributed by atoms with Crippen molar-refractivity contribution in [2.75, 3.05) is 29.5 Å². The molecule has 0 saturated carbocycles. The summed E-state index contributed by atoms with van der Waals surface area (Å²) in [5.41, 5.74) is 2.00. The lowest BCUT2D eigenvalue weighted by Gasteiger charge is -2.29. The molecule has 92 valence electrons. The van der Waals surface area contributed by atoms with Crippen molar-refractivity contribution in [3.05, 3.63) is 29.3 Å². The molecule has 1 aromatic carbocycles. The van der Waals surface area contributed by atoms with Gasteiger partial charge in [-0.2, -0.15) is 0 Å². The van der Waals surface area contributed by atoms with Crippen LogP contribution in [0.25, 0.3) is 0 Å². The number of rotatable bonds is 2. The minimum atomic E-state index is -0.907. The van der Waals surface area contributed by atoms with Crippen molar-refractivity contribution in [1.29, 1.82) is 0 Å². The van der Waals surface area contributed by atoms with Crippen molar-refractivity contribution in [3.63, 3.8) is 0 Å². The first-order valence-corrected chi connectivity index (χ1v) is 7.00. The number of benzene rings is 1. The van der Waals surface area contributed by atoms with E-state index in [0.717, 1.165) is 11.3 Å². The molecule has 1 saturated heterocycles. The molecule has 1 heterocycles. The number of carboxylic acid groups (broad SMARTS) is 1. The summed E-state index contributed by atoms with van der Waals surface area (Å²) in [6, 6.07) is 5.43. The molecule has 0 bridgehead atoms. The van der Waals surface area contributed by atoms with Gasteiger partial charge in [-0.15, -0.1) is 0 Å². The topological polar surface area (TPSA) is 57.6 Å². The summed E-state index contributed by atoms with van der Waals surface area (Å²) in [6.45, 7) is 3.20. The Bertz CT molecular complexity index is 463. The largest absolute Gasteiger partial charge is 0.478 e. The van der Waals surface area contributed by atoms with Crippen LogP contribution in [0.2, 0.25) is 0 Å². The monoisotopic (exact) mass is 253 g/mol. The fourth-order valence-electron chi connectivity index (χ4n) is 1.98. The predicted molar refractivity (Wildman–Crippen MR) is 68.2 cm³/mol. The van der Waals surface area contributed by atoms with E-state index in [-0.39, 0.29) is 0 Å². The van der Waals surface area contributed by atoms with Crippen molar-refractivity contribution >= 4 is 22.5 Å². The van der Waals surface area contributed by atoms with Gasteiger partial charge in [-0.1, -0.05) is 11.6 Å². The molecule has 17 heavy (non-hydrogen) atoms. The second-order valence-electron chi connectivity index (χ2n) is 4.16. The molecule has 4 nitrogen and oxygen atoms in total. The van der Waals surface area contributed by atoms with E-state index in [1.54, 1.807) is 6.07 Å². The van der Waals surface area contributed by atoms with Crippen LogP contribution in [0.5, 0.6) is 0 Å². The van der Waals surface area contributed by atoms with Gasteiger partial charge in [0.05, 0.1) is 11.3 Å². The van der Waals surface area contributed by atoms with Crippen LogP contribution < -0.4 is 4.90 Å². The third-order valence-electron chi connectivity index (χ3n) is 2.90. The Hall–Kier alpha value is -1.36. The zero-order chi connectivity index (χ0) is 12.4. The van der Waals surface area contributed by atoms with Crippen LogP contribution in [-0.2, 0) is 10.8 Å². The fraction of sp³-hybridized carbons (Fsp3) is 0.417. The van der Waals surface area contributed by atoms with Crippen LogP contribution >= 0.6 is 0 Å². The average Bonchev–Trinajstić information content (AvgIpc) is 2.30. The van der Waals surface area contributed by atoms with Gasteiger partial charge in [0, 0.05) is 35.4 Å². The Kier molecular flexibility index (Phi) is 3.47. The molecule has 0 aromatic heterocycles. The van der Waals surface area contributed by atoms with E-state index in [1.807, 2.05) is 24.0 Å². The fourth-order valence-corrected chi connectivity index (χ4v) is 3.03. The zero-order valence-corrected chi connectivity index (χ0v) is 10.5. The molecule has 2 rings (SSSR count). The Labute approximate surface area is 103 Å². The first-order chi connectivity index (χ1) is 8.08. The summed E-state index contributed by atoms with van der Waals surface area (Å²) in [5.74, 6) is 0.329. The Morgan fingerprint density at radius 1 is 1.35 bits per heavy atom. The number of anilines is 1. The average molecular weight is 253 g/mol. The molecule has 0 amide bonds. The van der Waals surface area contributed by atoms with Gasteiger partial charge in [-0.3, -0.25) is 4.21 Å². The summed E-state index contributed by atoms with van der Waals surface area (Å²) in [5, 5.41) is 9.19. The third kappa shape index (κ3) is 2.66. The zero-order valence-electron chi connectivity index (χ0n) is 9.68. The van der Waals surface area contributed by atoms with Crippen molar-refractivity contribution in [2.45, 2.75) is 6.92 Å². The molecule has 0 unspecified atom stereocenters. The highest BCUT2D eigenvalue weighted by atomic mass is 32.2. The normalized spacial score (nSPS) is 17.1. The van der Waals surface area contributed by atoms with Crippen LogP contribution in [0.1, 0.15) is 15.9 Å². The highest BCUT2D eigenvalue weighted by Gasteiger charge is 2.20. The van der Waals surface area contributed by atoms with Crippen LogP contribution in [0.15, 0.2) is 18.2 Å². The highest BCUT2D eigenvalue weighted by Crippen LogP contribution is 2.23. The lowest BCUT2D eigenvalue weighted by Crippen LogP contribution is -2.38. The van der Waals surface area contributed by atoms with Gasteiger partial charge in [0.15, 0.2) is 0 Å². The number of nitrogens with zero attached hydrogens (tertiary/aromatic N) is 1. The van der Waals surface area contributed by atoms with E-state index in [4.69, 9.17) is 0 Å². The maximum atomic E-state index is 11.3. The van der Waals surface area contributed by atoms with Crippen molar-refractivity contribution < 1.29 is 14.1 Å². The van der Waals surface area contributed by atoms with Gasteiger partial charge in [-0.05, 0) is 19.1 Å². The number of carbonyl (C=O) groups is 1. The summed E-state index contributed by atoms with van der Waals surface area (Å²) in [6.07, 6.45) is 0. The van der Waals surface area contributed by atoms with Gasteiger partial charge in [0.2, 0.25) is 0 Å². The molecule has 0 atom stereocenters. The summed E-state index contributed by atoms with van der Waals surface area (Å²) >= 11 is 0. The quantitative estimate of drug-likeness (QED) is 0.862. The van der Waals surface area contributed by atoms with Gasteiger partial charge in [0.25, 0.3) is 0 Å². The van der Waals surface area contributed by atoms with E-state index >= 15 is 0 Å². The molecule has 0 radical (unpaired) electrons. The standard InChI is InChI=1S/C12H15NO3S/c1-9-2-3-11(10(8-9)12(14)15)13-4-6-17(16)7-5-13/h2-3,8H,4-7H2,1H3,(H,14,15). The SMILES string of the molecule is Cc1ccc(N2CCS(=O)CC2)c(C(=O)O)c1. The predicted octanol–water partition coefficient (Wildman–Crippen LogP) is 1.26. The number of aryl methyl sites for hydroxylation is 1. The molecule has 1 aromatic rings. The van der Waals surface area contributed by atoms with E-state index in [1.165, 1.54) is 0 Å². The molecule has 5 heteroatoms. The molecule has 0 spiro atoms. The minimum absolute atomic E-state index is 0.331. The molecular weight excluding hydrogens is 238 g/mol. The van der Waals surface area contributed by atoms with Crippen molar-refractivity contribution in [1.82, 2.24) is 0 Å². The number of aromatic carboxylic acids is 1. The molecule has 0 aliphatic carbocycles. The summed E-state index contributed by atoms with van der Waals surface area (Å²) < 4.78 is 11.3. The third-order valence-corrected chi connectivity index (χ3v) is 4.18. The van der Waals surface area contributed by atoms with E-state index in [9.17, 15) is 14.1 Å². The number of hydrogen-bond donors (Lipinski definition) is 1. The van der Waals surface area contributed by atoms with E-state index < -0.39 is 16.8 Å². The lowest BCUT2D eigenvalue weighted by molar-refractivity contribution is 0.0697. The molecule has 1 N–H and O–H groups in total. The van der Waals surface area contributed by atoms with Crippen LogP contribution in [-0.4, -0.2) is 39.9 Å². The van der Waals surface area contributed by atoms with Crippen molar-refractivity contribution in [2.24, 2.45) is 0 Å². The number of hydrogen-bond acceptors (Lipinski definition) is 3. The second kappa shape index (κ2) is 4.87. The summed E-state index contributed by atoms with van der Waals surface area (Å²) in [7, 11) is -0.745. The van der Waals surface area contributed by atoms with Gasteiger partial charge in [-0.25, -0.2) is 4.79 Å². The molecular formula is C12H15NO3S. The van der Waals surface area contributed by atoms with E-state index in [0.29, 0.717) is 30.2 Å². The smallest absolute Gasteiger partial charge is 0.337 e. The lowest BCUT2D eigenvalue weighted by atomic mass is 10.1. The number of carboxylic acids is 1. The van der Waals surface area contributed by atoms with Gasteiger partial charge >= 0.3 is 5.97 Å². The second-order valence-corrected chi connectivity index (χ2v) is 5.86. The molecule has 1 aliphatic heterocycles. The Balaban J connectivity index is 2.31. The van der Waals surface area contributed by atoms with E-state index in [2.05, 4.69) is 0 Å². The van der Waals surface area contributed by atoms with Gasteiger partial charge in [0.1, 0.15) is 0 Å². The first kappa shape index (κ1) is 12.1.